The third kappa shape index (κ3) is 2.10. The Morgan fingerprint density at radius 2 is 2.27 bits per heavy atom. The van der Waals surface area contributed by atoms with Crippen molar-refractivity contribution in [3.8, 4) is 0 Å². The molecule has 0 saturated carbocycles. The molecule has 0 unspecified atom stereocenters. The SMILES string of the molecule is CCCCN1CCNC1(F)F. The van der Waals surface area contributed by atoms with Crippen molar-refractivity contribution in [3.05, 3.63) is 0 Å². The number of rotatable bonds is 3. The number of hydrogen-bond acceptors (Lipinski definition) is 2. The quantitative estimate of drug-likeness (QED) is 0.631. The zero-order valence-electron chi connectivity index (χ0n) is 6.74. The molecule has 0 aliphatic carbocycles. The fourth-order valence-corrected chi connectivity index (χ4v) is 1.19. The zero-order valence-corrected chi connectivity index (χ0v) is 6.74. The van der Waals surface area contributed by atoms with Gasteiger partial charge in [0.15, 0.2) is 0 Å². The van der Waals surface area contributed by atoms with Crippen LogP contribution < -0.4 is 5.32 Å². The summed E-state index contributed by atoms with van der Waals surface area (Å²) < 4.78 is 25.5. The van der Waals surface area contributed by atoms with Gasteiger partial charge in [0.1, 0.15) is 0 Å². The number of halogens is 2. The molecule has 0 aromatic heterocycles. The summed E-state index contributed by atoms with van der Waals surface area (Å²) in [4.78, 5) is 1.19. The molecule has 1 rings (SSSR count). The van der Waals surface area contributed by atoms with Gasteiger partial charge < -0.3 is 0 Å². The minimum Gasteiger partial charge on any atom is -0.242 e. The maximum atomic E-state index is 12.7. The van der Waals surface area contributed by atoms with Crippen molar-refractivity contribution >= 4 is 0 Å². The topological polar surface area (TPSA) is 15.3 Å². The Bertz CT molecular complexity index is 128. The molecule has 0 amide bonds. The Morgan fingerprint density at radius 1 is 1.55 bits per heavy atom. The second-order valence-electron chi connectivity index (χ2n) is 2.81. The summed E-state index contributed by atoms with van der Waals surface area (Å²) in [7, 11) is 0. The van der Waals surface area contributed by atoms with Crippen molar-refractivity contribution in [1.29, 1.82) is 0 Å². The van der Waals surface area contributed by atoms with E-state index in [0.717, 1.165) is 12.8 Å². The highest BCUT2D eigenvalue weighted by Gasteiger charge is 2.40. The van der Waals surface area contributed by atoms with Crippen LogP contribution in [0.3, 0.4) is 0 Å². The van der Waals surface area contributed by atoms with E-state index in [9.17, 15) is 8.78 Å². The first-order valence-electron chi connectivity index (χ1n) is 4.04. The fourth-order valence-electron chi connectivity index (χ4n) is 1.19. The van der Waals surface area contributed by atoms with Gasteiger partial charge in [-0.3, -0.25) is 0 Å². The van der Waals surface area contributed by atoms with E-state index in [2.05, 4.69) is 5.32 Å². The van der Waals surface area contributed by atoms with Crippen LogP contribution in [0.5, 0.6) is 0 Å². The normalized spacial score (nSPS) is 24.3. The predicted octanol–water partition coefficient (Wildman–Crippen LogP) is 1.24. The van der Waals surface area contributed by atoms with Crippen molar-refractivity contribution < 1.29 is 8.78 Å². The van der Waals surface area contributed by atoms with E-state index in [0.29, 0.717) is 19.6 Å². The van der Waals surface area contributed by atoms with Gasteiger partial charge in [-0.15, -0.1) is 0 Å². The molecular weight excluding hydrogens is 150 g/mol. The summed E-state index contributed by atoms with van der Waals surface area (Å²) >= 11 is 0. The van der Waals surface area contributed by atoms with Crippen LogP contribution in [0.25, 0.3) is 0 Å². The number of unbranched alkanes of at least 4 members (excludes halogenated alkanes) is 1. The fraction of sp³-hybridized carbons (Fsp3) is 1.00. The molecule has 0 aromatic rings. The molecule has 0 spiro atoms. The Balaban J connectivity index is 2.32. The van der Waals surface area contributed by atoms with Crippen molar-refractivity contribution in [1.82, 2.24) is 10.2 Å². The number of alkyl halides is 2. The number of nitrogens with one attached hydrogen (secondary N) is 1. The first-order chi connectivity index (χ1) is 5.17. The highest BCUT2D eigenvalue weighted by molar-refractivity contribution is 4.75. The maximum Gasteiger partial charge on any atom is 0.367 e. The molecule has 0 radical (unpaired) electrons. The summed E-state index contributed by atoms with van der Waals surface area (Å²) in [5.74, 6) is 0. The van der Waals surface area contributed by atoms with Gasteiger partial charge >= 0.3 is 6.17 Å². The molecule has 11 heavy (non-hydrogen) atoms. The van der Waals surface area contributed by atoms with Crippen LogP contribution in [0.1, 0.15) is 19.8 Å². The largest absolute Gasteiger partial charge is 0.367 e. The molecule has 66 valence electrons. The van der Waals surface area contributed by atoms with Crippen LogP contribution in [0.4, 0.5) is 8.78 Å². The third-order valence-corrected chi connectivity index (χ3v) is 1.90. The maximum absolute atomic E-state index is 12.7. The third-order valence-electron chi connectivity index (χ3n) is 1.90. The monoisotopic (exact) mass is 164 g/mol. The van der Waals surface area contributed by atoms with Crippen LogP contribution in [0.15, 0.2) is 0 Å². The lowest BCUT2D eigenvalue weighted by Crippen LogP contribution is -2.43. The first kappa shape index (κ1) is 8.87. The van der Waals surface area contributed by atoms with Crippen LogP contribution >= 0.6 is 0 Å². The number of nitrogens with zero attached hydrogens (tertiary/aromatic N) is 1. The van der Waals surface area contributed by atoms with Crippen molar-refractivity contribution in [2.24, 2.45) is 0 Å². The van der Waals surface area contributed by atoms with Crippen molar-refractivity contribution in [3.63, 3.8) is 0 Å². The average Bonchev–Trinajstić information content (AvgIpc) is 2.25. The summed E-state index contributed by atoms with van der Waals surface area (Å²) in [6, 6.07) is 0. The molecular formula is C7H14F2N2. The highest BCUT2D eigenvalue weighted by atomic mass is 19.3. The molecule has 0 atom stereocenters. The van der Waals surface area contributed by atoms with E-state index in [1.165, 1.54) is 4.90 Å². The van der Waals surface area contributed by atoms with Gasteiger partial charge in [-0.1, -0.05) is 13.3 Å². The summed E-state index contributed by atoms with van der Waals surface area (Å²) in [6.45, 7) is 3.36. The molecule has 1 fully saturated rings. The average molecular weight is 164 g/mol. The molecule has 2 nitrogen and oxygen atoms in total. The smallest absolute Gasteiger partial charge is 0.242 e. The molecule has 0 bridgehead atoms. The Morgan fingerprint density at radius 3 is 2.73 bits per heavy atom. The number of hydrogen-bond donors (Lipinski definition) is 1. The molecule has 1 saturated heterocycles. The van der Waals surface area contributed by atoms with Crippen LogP contribution in [0.2, 0.25) is 0 Å². The van der Waals surface area contributed by atoms with Crippen molar-refractivity contribution in [2.75, 3.05) is 19.6 Å². The predicted molar refractivity (Wildman–Crippen MR) is 39.4 cm³/mol. The standard InChI is InChI=1S/C7H14F2N2/c1-2-3-5-11-6-4-10-7(11,8)9/h10H,2-6H2,1H3. The van der Waals surface area contributed by atoms with E-state index in [1.807, 2.05) is 6.92 Å². The minimum absolute atomic E-state index is 0.400. The summed E-state index contributed by atoms with van der Waals surface area (Å²) in [6.07, 6.45) is -0.945. The highest BCUT2D eigenvalue weighted by Crippen LogP contribution is 2.20. The van der Waals surface area contributed by atoms with Gasteiger partial charge in [0.05, 0.1) is 0 Å². The molecule has 1 heterocycles. The first-order valence-corrected chi connectivity index (χ1v) is 4.04. The van der Waals surface area contributed by atoms with Gasteiger partial charge in [-0.25, -0.2) is 10.2 Å². The molecule has 0 aromatic carbocycles. The second-order valence-corrected chi connectivity index (χ2v) is 2.81. The molecule has 1 aliphatic rings. The lowest BCUT2D eigenvalue weighted by molar-refractivity contribution is -0.136. The van der Waals surface area contributed by atoms with E-state index in [4.69, 9.17) is 0 Å². The summed E-state index contributed by atoms with van der Waals surface area (Å²) in [5, 5.41) is 2.15. The lowest BCUT2D eigenvalue weighted by Gasteiger charge is -2.21. The van der Waals surface area contributed by atoms with Crippen molar-refractivity contribution in [2.45, 2.75) is 25.9 Å². The second kappa shape index (κ2) is 3.45. The Hall–Kier alpha value is -0.220. The van der Waals surface area contributed by atoms with Crippen LogP contribution in [-0.4, -0.2) is 30.7 Å². The Kier molecular flexibility index (Phi) is 2.78. The molecule has 1 aliphatic heterocycles. The molecule has 4 heteroatoms. The van der Waals surface area contributed by atoms with Gasteiger partial charge in [-0.05, 0) is 6.42 Å². The van der Waals surface area contributed by atoms with E-state index in [1.54, 1.807) is 0 Å². The summed E-state index contributed by atoms with van der Waals surface area (Å²) in [5.41, 5.74) is 0. The van der Waals surface area contributed by atoms with Gasteiger partial charge in [0.2, 0.25) is 0 Å². The van der Waals surface area contributed by atoms with Gasteiger partial charge in [0, 0.05) is 19.6 Å². The minimum atomic E-state index is -2.75. The van der Waals surface area contributed by atoms with Gasteiger partial charge in [-0.2, -0.15) is 8.78 Å². The van der Waals surface area contributed by atoms with Crippen LogP contribution in [0, 0.1) is 0 Å². The Labute approximate surface area is 65.6 Å². The van der Waals surface area contributed by atoms with E-state index in [-0.39, 0.29) is 0 Å². The van der Waals surface area contributed by atoms with E-state index >= 15 is 0 Å². The lowest BCUT2D eigenvalue weighted by atomic mass is 10.3. The van der Waals surface area contributed by atoms with Crippen LogP contribution in [-0.2, 0) is 0 Å². The molecule has 1 N–H and O–H groups in total. The van der Waals surface area contributed by atoms with Gasteiger partial charge in [0.25, 0.3) is 0 Å². The zero-order chi connectivity index (χ0) is 8.32. The van der Waals surface area contributed by atoms with E-state index < -0.39 is 6.17 Å².